The van der Waals surface area contributed by atoms with E-state index in [0.29, 0.717) is 47.8 Å². The molecule has 0 spiro atoms. The number of halogens is 1. The van der Waals surface area contributed by atoms with E-state index in [1.165, 1.54) is 0 Å². The third kappa shape index (κ3) is 4.28. The summed E-state index contributed by atoms with van der Waals surface area (Å²) in [5.74, 6) is 1.93. The van der Waals surface area contributed by atoms with Crippen LogP contribution in [0.2, 0.25) is 5.02 Å². The number of hydrogen-bond donors (Lipinski definition) is 0. The highest BCUT2D eigenvalue weighted by atomic mass is 35.5. The van der Waals surface area contributed by atoms with E-state index in [9.17, 15) is 4.79 Å². The molecule has 1 aliphatic rings. The minimum absolute atomic E-state index is 0.107. The van der Waals surface area contributed by atoms with Gasteiger partial charge in [0.25, 0.3) is 0 Å². The Kier molecular flexibility index (Phi) is 5.48. The molecule has 0 bridgehead atoms. The zero-order chi connectivity index (χ0) is 19.3. The van der Waals surface area contributed by atoms with Crippen molar-refractivity contribution >= 4 is 17.6 Å². The van der Waals surface area contributed by atoms with Gasteiger partial charge in [0.05, 0.1) is 17.6 Å². The molecule has 0 saturated heterocycles. The minimum atomic E-state index is -0.342. The van der Waals surface area contributed by atoms with Crippen molar-refractivity contribution in [2.45, 2.75) is 19.4 Å². The monoisotopic (exact) mass is 399 g/mol. The number of aryl methyl sites for hydroxylation is 1. The lowest BCUT2D eigenvalue weighted by atomic mass is 10.2. The predicted molar refractivity (Wildman–Crippen MR) is 102 cm³/mol. The van der Waals surface area contributed by atoms with Crippen LogP contribution in [0, 0.1) is 0 Å². The number of esters is 1. The lowest BCUT2D eigenvalue weighted by Gasteiger charge is -2.20. The molecule has 2 aromatic carbocycles. The zero-order valence-electron chi connectivity index (χ0n) is 15.0. The van der Waals surface area contributed by atoms with Crippen molar-refractivity contribution in [1.82, 2.24) is 4.98 Å². The normalized spacial score (nSPS) is 12.6. The maximum atomic E-state index is 12.1. The average molecular weight is 400 g/mol. The number of oxazole rings is 1. The molecule has 7 heteroatoms. The molecule has 2 heterocycles. The van der Waals surface area contributed by atoms with Gasteiger partial charge in [0.15, 0.2) is 23.1 Å². The molecule has 0 atom stereocenters. The highest BCUT2D eigenvalue weighted by Gasteiger charge is 2.17. The van der Waals surface area contributed by atoms with Gasteiger partial charge in [-0.3, -0.25) is 4.79 Å². The Labute approximate surface area is 167 Å². The van der Waals surface area contributed by atoms with E-state index in [-0.39, 0.29) is 19.0 Å². The number of hydrogen-bond acceptors (Lipinski definition) is 6. The summed E-state index contributed by atoms with van der Waals surface area (Å²) in [4.78, 5) is 16.3. The van der Waals surface area contributed by atoms with Crippen molar-refractivity contribution < 1.29 is 23.4 Å². The Bertz CT molecular complexity index is 970. The molecule has 0 radical (unpaired) electrons. The summed E-state index contributed by atoms with van der Waals surface area (Å²) < 4.78 is 22.0. The molecule has 0 N–H and O–H groups in total. The molecular formula is C21H18ClNO5. The first kappa shape index (κ1) is 18.4. The summed E-state index contributed by atoms with van der Waals surface area (Å²) >= 11 is 6.19. The van der Waals surface area contributed by atoms with Crippen molar-refractivity contribution in [2.24, 2.45) is 0 Å². The number of carbonyl (C=O) groups is 1. The highest BCUT2D eigenvalue weighted by Crippen LogP contribution is 2.38. The topological polar surface area (TPSA) is 70.8 Å². The molecule has 144 valence electrons. The van der Waals surface area contributed by atoms with Gasteiger partial charge < -0.3 is 18.6 Å². The van der Waals surface area contributed by atoms with E-state index in [2.05, 4.69) is 4.98 Å². The molecule has 4 rings (SSSR count). The van der Waals surface area contributed by atoms with Crippen LogP contribution in [0.25, 0.3) is 11.3 Å². The van der Waals surface area contributed by atoms with Crippen LogP contribution < -0.4 is 9.47 Å². The number of rotatable bonds is 6. The Morgan fingerprint density at radius 3 is 2.82 bits per heavy atom. The van der Waals surface area contributed by atoms with E-state index in [4.69, 9.17) is 30.2 Å². The van der Waals surface area contributed by atoms with Crippen LogP contribution in [0.15, 0.2) is 53.1 Å². The third-order valence-corrected chi connectivity index (χ3v) is 4.49. The Morgan fingerprint density at radius 1 is 1.14 bits per heavy atom. The number of nitrogens with zero attached hydrogens (tertiary/aromatic N) is 1. The number of benzene rings is 2. The molecule has 0 fully saturated rings. The molecule has 1 aromatic heterocycles. The second-order valence-electron chi connectivity index (χ2n) is 6.25. The van der Waals surface area contributed by atoms with E-state index >= 15 is 0 Å². The maximum Gasteiger partial charge on any atom is 0.306 e. The molecule has 0 aliphatic carbocycles. The molecule has 0 saturated carbocycles. The van der Waals surface area contributed by atoms with Gasteiger partial charge >= 0.3 is 5.97 Å². The largest absolute Gasteiger partial charge is 0.486 e. The highest BCUT2D eigenvalue weighted by molar-refractivity contribution is 6.32. The van der Waals surface area contributed by atoms with Crippen LogP contribution in [0.4, 0.5) is 0 Å². The summed E-state index contributed by atoms with van der Waals surface area (Å²) in [5.41, 5.74) is 1.68. The predicted octanol–water partition coefficient (Wildman–Crippen LogP) is 4.44. The summed E-state index contributed by atoms with van der Waals surface area (Å²) in [7, 11) is 0. The molecular weight excluding hydrogens is 382 g/mol. The van der Waals surface area contributed by atoms with Crippen LogP contribution in [-0.2, 0) is 22.6 Å². The van der Waals surface area contributed by atoms with Crippen molar-refractivity contribution in [3.05, 3.63) is 65.1 Å². The summed E-state index contributed by atoms with van der Waals surface area (Å²) in [5, 5.41) is 0.441. The summed E-state index contributed by atoms with van der Waals surface area (Å²) in [6, 6.07) is 13.2. The number of carbonyl (C=O) groups excluding carboxylic acids is 1. The van der Waals surface area contributed by atoms with E-state index < -0.39 is 0 Å². The first-order chi connectivity index (χ1) is 13.7. The van der Waals surface area contributed by atoms with Gasteiger partial charge in [-0.2, -0.15) is 0 Å². The Balaban J connectivity index is 1.30. The third-order valence-electron chi connectivity index (χ3n) is 4.21. The first-order valence-electron chi connectivity index (χ1n) is 8.93. The molecule has 0 amide bonds. The first-order valence-corrected chi connectivity index (χ1v) is 9.30. The van der Waals surface area contributed by atoms with E-state index in [1.54, 1.807) is 18.3 Å². The second kappa shape index (κ2) is 8.35. The fourth-order valence-electron chi connectivity index (χ4n) is 2.85. The summed E-state index contributed by atoms with van der Waals surface area (Å²) in [6.45, 7) is 1.04. The van der Waals surface area contributed by atoms with Crippen LogP contribution in [0.1, 0.15) is 17.9 Å². The second-order valence-corrected chi connectivity index (χ2v) is 6.65. The lowest BCUT2D eigenvalue weighted by molar-refractivity contribution is -0.145. The van der Waals surface area contributed by atoms with Gasteiger partial charge in [-0.05, 0) is 17.7 Å². The van der Waals surface area contributed by atoms with Crippen molar-refractivity contribution in [2.75, 3.05) is 13.2 Å². The zero-order valence-corrected chi connectivity index (χ0v) is 15.8. The van der Waals surface area contributed by atoms with Crippen molar-refractivity contribution in [1.29, 1.82) is 0 Å². The van der Waals surface area contributed by atoms with Crippen LogP contribution in [0.5, 0.6) is 11.5 Å². The van der Waals surface area contributed by atoms with Gasteiger partial charge in [0.2, 0.25) is 0 Å². The number of fused-ring (bicyclic) bond motifs is 1. The van der Waals surface area contributed by atoms with Gasteiger partial charge in [0, 0.05) is 12.0 Å². The Morgan fingerprint density at radius 2 is 1.96 bits per heavy atom. The number of aromatic nitrogens is 1. The Hall–Kier alpha value is -2.99. The standard InChI is InChI=1S/C21H18ClNO5/c22-16-10-14(11-17-21(16)26-9-8-25-17)13-27-20(24)7-6-19-23-12-18(28-19)15-4-2-1-3-5-15/h1-5,10-12H,6-9,13H2. The van der Waals surface area contributed by atoms with Gasteiger partial charge in [-0.1, -0.05) is 41.9 Å². The molecule has 1 aliphatic heterocycles. The molecule has 28 heavy (non-hydrogen) atoms. The van der Waals surface area contributed by atoms with Crippen molar-refractivity contribution in [3.8, 4) is 22.8 Å². The summed E-state index contributed by atoms with van der Waals surface area (Å²) in [6.07, 6.45) is 2.20. The average Bonchev–Trinajstić information content (AvgIpc) is 3.21. The minimum Gasteiger partial charge on any atom is -0.486 e. The van der Waals surface area contributed by atoms with Gasteiger partial charge in [-0.15, -0.1) is 0 Å². The van der Waals surface area contributed by atoms with Gasteiger partial charge in [-0.25, -0.2) is 4.98 Å². The molecule has 0 unspecified atom stereocenters. The van der Waals surface area contributed by atoms with Crippen molar-refractivity contribution in [3.63, 3.8) is 0 Å². The van der Waals surface area contributed by atoms with Crippen LogP contribution >= 0.6 is 11.6 Å². The van der Waals surface area contributed by atoms with Crippen LogP contribution in [-0.4, -0.2) is 24.2 Å². The molecule has 3 aromatic rings. The maximum absolute atomic E-state index is 12.1. The van der Waals surface area contributed by atoms with E-state index in [1.807, 2.05) is 30.3 Å². The van der Waals surface area contributed by atoms with Crippen LogP contribution in [0.3, 0.4) is 0 Å². The fraction of sp³-hybridized carbons (Fsp3) is 0.238. The lowest BCUT2D eigenvalue weighted by Crippen LogP contribution is -2.16. The fourth-order valence-corrected chi connectivity index (χ4v) is 3.14. The molecule has 6 nitrogen and oxygen atoms in total. The smallest absolute Gasteiger partial charge is 0.306 e. The SMILES string of the molecule is O=C(CCc1ncc(-c2ccccc2)o1)OCc1cc(Cl)c2c(c1)OCCO2. The number of ether oxygens (including phenoxy) is 3. The van der Waals surface area contributed by atoms with E-state index in [0.717, 1.165) is 11.1 Å². The quantitative estimate of drug-likeness (QED) is 0.570. The van der Waals surface area contributed by atoms with Gasteiger partial charge in [0.1, 0.15) is 19.8 Å².